The molecule has 1 aromatic rings. The first-order valence-electron chi connectivity index (χ1n) is 5.23. The van der Waals surface area contributed by atoms with Crippen LogP contribution in [-0.2, 0) is 4.79 Å². The van der Waals surface area contributed by atoms with Gasteiger partial charge in [-0.3, -0.25) is 9.59 Å². The fourth-order valence-electron chi connectivity index (χ4n) is 1.15. The lowest BCUT2D eigenvalue weighted by atomic mass is 10.2. The first kappa shape index (κ1) is 14.1. The van der Waals surface area contributed by atoms with Gasteiger partial charge in [-0.2, -0.15) is 0 Å². The Morgan fingerprint density at radius 1 is 1.17 bits per heavy atom. The van der Waals surface area contributed by atoms with Crippen molar-refractivity contribution in [2.75, 3.05) is 18.8 Å². The van der Waals surface area contributed by atoms with Crippen LogP contribution in [0.4, 0.5) is 5.69 Å². The lowest BCUT2D eigenvalue weighted by molar-refractivity contribution is -0.119. The number of rotatable bonds is 5. The van der Waals surface area contributed by atoms with Crippen LogP contribution in [0.1, 0.15) is 10.4 Å². The molecule has 0 saturated carbocycles. The Balaban J connectivity index is 2.39. The van der Waals surface area contributed by atoms with Crippen molar-refractivity contribution in [1.82, 2.24) is 10.6 Å². The molecule has 4 N–H and O–H groups in total. The summed E-state index contributed by atoms with van der Waals surface area (Å²) in [7, 11) is 0. The summed E-state index contributed by atoms with van der Waals surface area (Å²) in [5.41, 5.74) is 6.52. The maximum Gasteiger partial charge on any atom is 0.251 e. The van der Waals surface area contributed by atoms with Gasteiger partial charge in [-0.15, -0.1) is 0 Å². The molecule has 5 nitrogen and oxygen atoms in total. The monoisotopic (exact) mass is 267 g/mol. The first-order valence-corrected chi connectivity index (χ1v) is 5.60. The third-order valence-corrected chi connectivity index (χ3v) is 2.19. The van der Waals surface area contributed by atoms with Crippen molar-refractivity contribution in [3.05, 3.63) is 41.4 Å². The molecule has 1 rings (SSSR count). The maximum atomic E-state index is 11.6. The van der Waals surface area contributed by atoms with E-state index in [4.69, 9.17) is 17.3 Å². The second-order valence-electron chi connectivity index (χ2n) is 3.60. The molecule has 0 atom stereocenters. The topological polar surface area (TPSA) is 84.2 Å². The molecule has 0 heterocycles. The number of nitrogen functional groups attached to an aromatic ring is 1. The number of carbonyl (C=O) groups is 2. The van der Waals surface area contributed by atoms with Crippen LogP contribution in [0.15, 0.2) is 35.9 Å². The number of nitrogens with two attached hydrogens (primary N) is 1. The molecule has 0 aromatic heterocycles. The highest BCUT2D eigenvalue weighted by Gasteiger charge is 2.07. The van der Waals surface area contributed by atoms with Gasteiger partial charge < -0.3 is 16.4 Å². The van der Waals surface area contributed by atoms with Crippen molar-refractivity contribution < 1.29 is 9.59 Å². The largest absolute Gasteiger partial charge is 0.399 e. The second-order valence-corrected chi connectivity index (χ2v) is 4.13. The van der Waals surface area contributed by atoms with Gasteiger partial charge in [0, 0.05) is 16.3 Å². The minimum Gasteiger partial charge on any atom is -0.399 e. The van der Waals surface area contributed by atoms with Crippen LogP contribution in [0.2, 0.25) is 0 Å². The number of nitrogens with one attached hydrogen (secondary N) is 2. The Labute approximate surface area is 110 Å². The molecule has 0 bridgehead atoms. The van der Waals surface area contributed by atoms with E-state index < -0.39 is 0 Å². The lowest BCUT2D eigenvalue weighted by Gasteiger charge is -2.06. The molecule has 0 radical (unpaired) electrons. The van der Waals surface area contributed by atoms with E-state index in [0.29, 0.717) is 16.3 Å². The molecule has 0 spiro atoms. The van der Waals surface area contributed by atoms with Gasteiger partial charge in [-0.25, -0.2) is 0 Å². The van der Waals surface area contributed by atoms with E-state index in [2.05, 4.69) is 17.2 Å². The molecular weight excluding hydrogens is 254 g/mol. The van der Waals surface area contributed by atoms with E-state index in [1.165, 1.54) is 0 Å². The third kappa shape index (κ3) is 4.88. The fraction of sp³-hybridized carbons (Fsp3) is 0.167. The minimum atomic E-state index is -0.338. The minimum absolute atomic E-state index is 0.118. The Kier molecular flexibility index (Phi) is 5.20. The van der Waals surface area contributed by atoms with Crippen LogP contribution in [-0.4, -0.2) is 24.9 Å². The molecule has 0 aliphatic heterocycles. The standard InChI is InChI=1S/C12H14ClN3O2/c1-8(13)6-15-11(17)7-16-12(18)9-2-4-10(14)5-3-9/h2-5H,1,6-7,14H2,(H,15,17)(H,16,18). The number of hydrogen-bond acceptors (Lipinski definition) is 3. The van der Waals surface area contributed by atoms with Crippen molar-refractivity contribution >= 4 is 29.1 Å². The van der Waals surface area contributed by atoms with Crippen molar-refractivity contribution in [2.45, 2.75) is 0 Å². The van der Waals surface area contributed by atoms with Gasteiger partial charge in [-0.05, 0) is 24.3 Å². The Bertz CT molecular complexity index is 457. The summed E-state index contributed by atoms with van der Waals surface area (Å²) in [6.07, 6.45) is 0. The fourth-order valence-corrected chi connectivity index (χ4v) is 1.22. The van der Waals surface area contributed by atoms with Crippen molar-refractivity contribution in [3.63, 3.8) is 0 Å². The zero-order valence-electron chi connectivity index (χ0n) is 9.70. The Morgan fingerprint density at radius 2 is 1.78 bits per heavy atom. The number of anilines is 1. The smallest absolute Gasteiger partial charge is 0.251 e. The molecule has 0 fully saturated rings. The van der Waals surface area contributed by atoms with Crippen LogP contribution in [0.3, 0.4) is 0 Å². The summed E-state index contributed by atoms with van der Waals surface area (Å²) >= 11 is 5.49. The van der Waals surface area contributed by atoms with Crippen molar-refractivity contribution in [3.8, 4) is 0 Å². The van der Waals surface area contributed by atoms with Crippen LogP contribution < -0.4 is 16.4 Å². The molecule has 0 saturated heterocycles. The molecule has 0 aliphatic carbocycles. The zero-order chi connectivity index (χ0) is 13.5. The first-order chi connectivity index (χ1) is 8.49. The highest BCUT2D eigenvalue weighted by Crippen LogP contribution is 2.04. The Hall–Kier alpha value is -2.01. The van der Waals surface area contributed by atoms with E-state index in [-0.39, 0.29) is 24.9 Å². The van der Waals surface area contributed by atoms with Crippen molar-refractivity contribution in [1.29, 1.82) is 0 Å². The summed E-state index contributed by atoms with van der Waals surface area (Å²) in [6, 6.07) is 6.41. The summed E-state index contributed by atoms with van der Waals surface area (Å²) in [5, 5.41) is 5.30. The SMILES string of the molecule is C=C(Cl)CNC(=O)CNC(=O)c1ccc(N)cc1. The third-order valence-electron chi connectivity index (χ3n) is 2.06. The number of halogens is 1. The molecule has 6 heteroatoms. The van der Waals surface area contributed by atoms with E-state index in [1.54, 1.807) is 24.3 Å². The van der Waals surface area contributed by atoms with Crippen molar-refractivity contribution in [2.24, 2.45) is 0 Å². The highest BCUT2D eigenvalue weighted by molar-refractivity contribution is 6.29. The molecule has 18 heavy (non-hydrogen) atoms. The number of carbonyl (C=O) groups excluding carboxylic acids is 2. The van der Waals surface area contributed by atoms with Crippen LogP contribution in [0.5, 0.6) is 0 Å². The van der Waals surface area contributed by atoms with Crippen LogP contribution in [0, 0.1) is 0 Å². The summed E-state index contributed by atoms with van der Waals surface area (Å²) in [6.45, 7) is 3.49. The predicted molar refractivity (Wildman–Crippen MR) is 71.2 cm³/mol. The van der Waals surface area contributed by atoms with E-state index in [9.17, 15) is 9.59 Å². The quantitative estimate of drug-likeness (QED) is 0.692. The summed E-state index contributed by atoms with van der Waals surface area (Å²) in [4.78, 5) is 22.9. The summed E-state index contributed by atoms with van der Waals surface area (Å²) < 4.78 is 0. The molecule has 0 aliphatic rings. The van der Waals surface area contributed by atoms with E-state index in [1.807, 2.05) is 0 Å². The van der Waals surface area contributed by atoms with Gasteiger partial charge >= 0.3 is 0 Å². The number of benzene rings is 1. The van der Waals surface area contributed by atoms with Gasteiger partial charge in [0.05, 0.1) is 13.1 Å². The summed E-state index contributed by atoms with van der Waals surface area (Å²) in [5.74, 6) is -0.671. The van der Waals surface area contributed by atoms with Crippen LogP contribution >= 0.6 is 11.6 Å². The molecular formula is C12H14ClN3O2. The zero-order valence-corrected chi connectivity index (χ0v) is 10.5. The van der Waals surface area contributed by atoms with Gasteiger partial charge in [-0.1, -0.05) is 18.2 Å². The average molecular weight is 268 g/mol. The number of amides is 2. The molecule has 96 valence electrons. The molecule has 1 aromatic carbocycles. The van der Waals surface area contributed by atoms with Gasteiger partial charge in [0.1, 0.15) is 0 Å². The van der Waals surface area contributed by atoms with Gasteiger partial charge in [0.15, 0.2) is 0 Å². The normalized spacial score (nSPS) is 9.61. The Morgan fingerprint density at radius 3 is 2.33 bits per heavy atom. The van der Waals surface area contributed by atoms with Gasteiger partial charge in [0.2, 0.25) is 5.91 Å². The van der Waals surface area contributed by atoms with E-state index in [0.717, 1.165) is 0 Å². The van der Waals surface area contributed by atoms with Gasteiger partial charge in [0.25, 0.3) is 5.91 Å². The second kappa shape index (κ2) is 6.66. The average Bonchev–Trinajstić information content (AvgIpc) is 2.34. The van der Waals surface area contributed by atoms with Crippen LogP contribution in [0.25, 0.3) is 0 Å². The lowest BCUT2D eigenvalue weighted by Crippen LogP contribution is -2.37. The van der Waals surface area contributed by atoms with E-state index >= 15 is 0 Å². The maximum absolute atomic E-state index is 11.6. The molecule has 2 amide bonds. The molecule has 0 unspecified atom stereocenters. The highest BCUT2D eigenvalue weighted by atomic mass is 35.5. The predicted octanol–water partition coefficient (Wildman–Crippen LogP) is 0.867. The number of hydrogen-bond donors (Lipinski definition) is 3.